The Morgan fingerprint density at radius 1 is 1.38 bits per heavy atom. The molecule has 0 spiro atoms. The van der Waals surface area contributed by atoms with Crippen LogP contribution in [-0.4, -0.2) is 5.91 Å². The maximum absolute atomic E-state index is 11.1. The van der Waals surface area contributed by atoms with E-state index in [9.17, 15) is 4.79 Å². The molecule has 2 heteroatoms. The summed E-state index contributed by atoms with van der Waals surface area (Å²) in [6, 6.07) is 0. The van der Waals surface area contributed by atoms with Gasteiger partial charge in [-0.05, 0) is 43.4 Å². The molecule has 1 rings (SSSR count). The molecule has 3 atom stereocenters. The zero-order valence-corrected chi connectivity index (χ0v) is 11.0. The van der Waals surface area contributed by atoms with Gasteiger partial charge in [0.2, 0.25) is 5.91 Å². The van der Waals surface area contributed by atoms with Crippen LogP contribution in [0.2, 0.25) is 0 Å². The summed E-state index contributed by atoms with van der Waals surface area (Å²) < 4.78 is 0. The number of allylic oxidation sites excluding steroid dienone is 1. The Labute approximate surface area is 99.3 Å². The Balaban J connectivity index is 2.79. The molecule has 1 aliphatic carbocycles. The second kappa shape index (κ2) is 5.51. The summed E-state index contributed by atoms with van der Waals surface area (Å²) in [6.45, 7) is 8.69. The lowest BCUT2D eigenvalue weighted by Crippen LogP contribution is -2.27. The highest BCUT2D eigenvalue weighted by molar-refractivity contribution is 5.91. The predicted molar refractivity (Wildman–Crippen MR) is 67.8 cm³/mol. The van der Waals surface area contributed by atoms with Crippen LogP contribution in [-0.2, 0) is 4.79 Å². The van der Waals surface area contributed by atoms with E-state index in [-0.39, 0.29) is 5.91 Å². The van der Waals surface area contributed by atoms with Crippen molar-refractivity contribution < 1.29 is 4.79 Å². The van der Waals surface area contributed by atoms with Gasteiger partial charge in [0.1, 0.15) is 0 Å². The average Bonchev–Trinajstić information content (AvgIpc) is 2.16. The number of carbonyl (C=O) groups excluding carboxylic acids is 1. The van der Waals surface area contributed by atoms with E-state index in [0.29, 0.717) is 17.8 Å². The molecule has 0 aromatic rings. The predicted octanol–water partition coefficient (Wildman–Crippen LogP) is 3.13. The molecule has 0 radical (unpaired) electrons. The molecule has 0 aliphatic heterocycles. The first kappa shape index (κ1) is 13.3. The molecule has 1 amide bonds. The highest BCUT2D eigenvalue weighted by atomic mass is 16.1. The van der Waals surface area contributed by atoms with Gasteiger partial charge in [-0.3, -0.25) is 4.79 Å². The summed E-state index contributed by atoms with van der Waals surface area (Å²) in [5.41, 5.74) is 6.03. The van der Waals surface area contributed by atoms with Crippen LogP contribution < -0.4 is 5.73 Å². The molecule has 0 saturated heterocycles. The van der Waals surface area contributed by atoms with Gasteiger partial charge in [0.15, 0.2) is 0 Å². The third-order valence-electron chi connectivity index (χ3n) is 3.93. The lowest BCUT2D eigenvalue weighted by molar-refractivity contribution is -0.114. The number of carbonyl (C=O) groups is 1. The molecule has 0 bridgehead atoms. The summed E-state index contributed by atoms with van der Waals surface area (Å²) in [7, 11) is 0. The first-order valence-electron chi connectivity index (χ1n) is 6.40. The van der Waals surface area contributed by atoms with Gasteiger partial charge in [-0.2, -0.15) is 0 Å². The fraction of sp³-hybridized carbons (Fsp3) is 0.786. The minimum Gasteiger partial charge on any atom is -0.366 e. The minimum absolute atomic E-state index is 0.277. The molecule has 1 saturated carbocycles. The number of hydrogen-bond acceptors (Lipinski definition) is 1. The molecule has 2 N–H and O–H groups in total. The molecule has 0 aromatic heterocycles. The summed E-state index contributed by atoms with van der Waals surface area (Å²) in [5.74, 6) is 2.44. The van der Waals surface area contributed by atoms with Crippen molar-refractivity contribution in [1.29, 1.82) is 0 Å². The van der Waals surface area contributed by atoms with E-state index in [1.807, 2.05) is 6.92 Å². The number of rotatable bonds is 3. The molecular formula is C14H25NO. The third kappa shape index (κ3) is 3.36. The van der Waals surface area contributed by atoms with Crippen LogP contribution in [0.5, 0.6) is 0 Å². The molecule has 2 nitrogen and oxygen atoms in total. The van der Waals surface area contributed by atoms with Gasteiger partial charge < -0.3 is 5.73 Å². The van der Waals surface area contributed by atoms with Crippen LogP contribution in [0.4, 0.5) is 0 Å². The zero-order valence-electron chi connectivity index (χ0n) is 11.0. The van der Waals surface area contributed by atoms with E-state index < -0.39 is 0 Å². The monoisotopic (exact) mass is 223 g/mol. The minimum atomic E-state index is -0.277. The fourth-order valence-electron chi connectivity index (χ4n) is 2.87. The molecule has 92 valence electrons. The molecule has 3 unspecified atom stereocenters. The second-order valence-electron chi connectivity index (χ2n) is 5.70. The lowest BCUT2D eigenvalue weighted by Gasteiger charge is -2.36. The molecule has 1 fully saturated rings. The van der Waals surface area contributed by atoms with Gasteiger partial charge in [0.05, 0.1) is 0 Å². The SMILES string of the molecule is CC(=CC1CC(C)CCC1C(C)C)C(N)=O. The molecular weight excluding hydrogens is 198 g/mol. The van der Waals surface area contributed by atoms with E-state index in [2.05, 4.69) is 26.8 Å². The van der Waals surface area contributed by atoms with Gasteiger partial charge in [-0.25, -0.2) is 0 Å². The second-order valence-corrected chi connectivity index (χ2v) is 5.70. The van der Waals surface area contributed by atoms with Crippen LogP contribution in [0.1, 0.15) is 47.0 Å². The number of hydrogen-bond donors (Lipinski definition) is 1. The maximum atomic E-state index is 11.1. The van der Waals surface area contributed by atoms with Crippen LogP contribution >= 0.6 is 0 Å². The van der Waals surface area contributed by atoms with Gasteiger partial charge in [0.25, 0.3) is 0 Å². The number of primary amides is 1. The molecule has 0 heterocycles. The Morgan fingerprint density at radius 2 is 2.00 bits per heavy atom. The van der Waals surface area contributed by atoms with Crippen molar-refractivity contribution in [3.8, 4) is 0 Å². The Kier molecular flexibility index (Phi) is 4.57. The summed E-state index contributed by atoms with van der Waals surface area (Å²) in [5, 5.41) is 0. The highest BCUT2D eigenvalue weighted by Crippen LogP contribution is 2.39. The van der Waals surface area contributed by atoms with E-state index >= 15 is 0 Å². The molecule has 16 heavy (non-hydrogen) atoms. The summed E-state index contributed by atoms with van der Waals surface area (Å²) >= 11 is 0. The zero-order chi connectivity index (χ0) is 12.3. The van der Waals surface area contributed by atoms with Gasteiger partial charge in [0, 0.05) is 5.57 Å². The van der Waals surface area contributed by atoms with Crippen LogP contribution in [0.3, 0.4) is 0 Å². The number of nitrogens with two attached hydrogens (primary N) is 1. The van der Waals surface area contributed by atoms with Crippen LogP contribution in [0.15, 0.2) is 11.6 Å². The quantitative estimate of drug-likeness (QED) is 0.734. The summed E-state index contributed by atoms with van der Waals surface area (Å²) in [6.07, 6.45) is 5.92. The average molecular weight is 223 g/mol. The van der Waals surface area contributed by atoms with Crippen molar-refractivity contribution in [1.82, 2.24) is 0 Å². The van der Waals surface area contributed by atoms with E-state index in [1.54, 1.807) is 0 Å². The first-order chi connectivity index (χ1) is 7.41. The van der Waals surface area contributed by atoms with E-state index in [0.717, 1.165) is 11.5 Å². The van der Waals surface area contributed by atoms with Crippen molar-refractivity contribution in [2.45, 2.75) is 47.0 Å². The Hall–Kier alpha value is -0.790. The van der Waals surface area contributed by atoms with Crippen molar-refractivity contribution in [2.24, 2.45) is 29.4 Å². The van der Waals surface area contributed by atoms with Crippen molar-refractivity contribution in [3.05, 3.63) is 11.6 Å². The van der Waals surface area contributed by atoms with Crippen molar-refractivity contribution in [3.63, 3.8) is 0 Å². The number of amides is 1. The highest BCUT2D eigenvalue weighted by Gasteiger charge is 2.29. The largest absolute Gasteiger partial charge is 0.366 e. The normalized spacial score (nSPS) is 31.8. The Morgan fingerprint density at radius 3 is 2.50 bits per heavy atom. The Bertz CT molecular complexity index is 280. The van der Waals surface area contributed by atoms with Crippen LogP contribution in [0.25, 0.3) is 0 Å². The van der Waals surface area contributed by atoms with Gasteiger partial charge >= 0.3 is 0 Å². The van der Waals surface area contributed by atoms with Gasteiger partial charge in [-0.15, -0.1) is 0 Å². The first-order valence-corrected chi connectivity index (χ1v) is 6.40. The van der Waals surface area contributed by atoms with Crippen molar-refractivity contribution >= 4 is 5.91 Å². The van der Waals surface area contributed by atoms with Gasteiger partial charge in [-0.1, -0.05) is 33.3 Å². The molecule has 1 aliphatic rings. The van der Waals surface area contributed by atoms with E-state index in [1.165, 1.54) is 19.3 Å². The fourth-order valence-corrected chi connectivity index (χ4v) is 2.87. The molecule has 0 aromatic carbocycles. The van der Waals surface area contributed by atoms with E-state index in [4.69, 9.17) is 5.73 Å². The standard InChI is InChI=1S/C14H25NO/c1-9(2)13-6-5-10(3)7-12(13)8-11(4)14(15)16/h8-10,12-13H,5-7H2,1-4H3,(H2,15,16). The topological polar surface area (TPSA) is 43.1 Å². The maximum Gasteiger partial charge on any atom is 0.244 e. The summed E-state index contributed by atoms with van der Waals surface area (Å²) in [4.78, 5) is 11.1. The van der Waals surface area contributed by atoms with Crippen molar-refractivity contribution in [2.75, 3.05) is 0 Å². The smallest absolute Gasteiger partial charge is 0.244 e. The third-order valence-corrected chi connectivity index (χ3v) is 3.93. The van der Waals surface area contributed by atoms with Crippen LogP contribution in [0, 0.1) is 23.7 Å². The lowest BCUT2D eigenvalue weighted by atomic mass is 9.69.